The van der Waals surface area contributed by atoms with E-state index in [2.05, 4.69) is 64.5 Å². The third-order valence-electron chi connectivity index (χ3n) is 17.2. The van der Waals surface area contributed by atoms with E-state index in [1.54, 1.807) is 34.6 Å². The number of rotatable bonds is 21. The fraction of sp³-hybridized carbons (Fsp3) is 0.847. The Morgan fingerprint density at radius 2 is 1.47 bits per heavy atom. The number of hydrogen-bond acceptors (Lipinski definition) is 16. The van der Waals surface area contributed by atoms with Crippen molar-refractivity contribution in [3.8, 4) is 0 Å². The van der Waals surface area contributed by atoms with Crippen molar-refractivity contribution in [1.82, 2.24) is 15.1 Å². The molecule has 452 valence electrons. The van der Waals surface area contributed by atoms with E-state index in [-0.39, 0.29) is 37.3 Å². The molecule has 0 spiro atoms. The van der Waals surface area contributed by atoms with Gasteiger partial charge in [-0.15, -0.1) is 0 Å². The number of likely N-dealkylation sites (N-methyl/N-ethyl adjacent to an activating group) is 2. The smallest absolute Gasteiger partial charge is 0.137 e. The number of hydrogen-bond donors (Lipinski definition) is 4. The zero-order valence-corrected chi connectivity index (χ0v) is 53.2. The van der Waals surface area contributed by atoms with Gasteiger partial charge in [-0.2, -0.15) is 0 Å². The summed E-state index contributed by atoms with van der Waals surface area (Å²) in [5, 5.41) is 39.1. The fourth-order valence-electron chi connectivity index (χ4n) is 12.4. The van der Waals surface area contributed by atoms with Crippen LogP contribution in [0.1, 0.15) is 153 Å². The molecule has 3 aliphatic heterocycles. The molecule has 4 N–H and O–H groups in total. The maximum absolute atomic E-state index is 14.9. The number of aliphatic hydroxyl groups is 3. The second kappa shape index (κ2) is 29.5. The van der Waals surface area contributed by atoms with Gasteiger partial charge in [0, 0.05) is 39.0 Å². The number of carbonyl (C=O) groups is 3. The molecular weight excluding hydrogens is 1090 g/mol. The molecule has 1 amide bonds. The molecule has 1 aromatic rings. The van der Waals surface area contributed by atoms with Crippen LogP contribution in [0.4, 0.5) is 4.79 Å². The van der Waals surface area contributed by atoms with Crippen molar-refractivity contribution in [2.75, 3.05) is 60.8 Å². The van der Waals surface area contributed by atoms with Crippen molar-refractivity contribution >= 4 is 44.1 Å². The largest absolute Gasteiger partial charge is 0.382 e. The van der Waals surface area contributed by atoms with Gasteiger partial charge in [-0.3, -0.25) is 14.5 Å². The van der Waals surface area contributed by atoms with Crippen LogP contribution in [-0.4, -0.2) is 194 Å². The molecule has 1 aromatic carbocycles. The van der Waals surface area contributed by atoms with Crippen LogP contribution in [0, 0.1) is 17.8 Å². The predicted octanol–water partition coefficient (Wildman–Crippen LogP) is 8.77. The molecule has 3 heterocycles. The zero-order chi connectivity index (χ0) is 58.6. The van der Waals surface area contributed by atoms with E-state index in [9.17, 15) is 29.7 Å². The van der Waals surface area contributed by atoms with Crippen LogP contribution in [0.15, 0.2) is 30.3 Å². The number of cyclic esters (lactones) is 1. The van der Waals surface area contributed by atoms with Gasteiger partial charge in [0.1, 0.15) is 17.8 Å². The second-order valence-corrected chi connectivity index (χ2v) is 37.4. The van der Waals surface area contributed by atoms with Gasteiger partial charge in [0.15, 0.2) is 24.8 Å². The molecule has 0 aliphatic carbocycles. The number of nitrogens with one attached hydrogen (secondary N) is 1. The summed E-state index contributed by atoms with van der Waals surface area (Å²) in [5.74, 6) is -3.41. The molecule has 18 atom stereocenters. The first-order valence-corrected chi connectivity index (χ1v) is 34.4. The Morgan fingerprint density at radius 1 is 0.872 bits per heavy atom. The Kier molecular flexibility index (Phi) is 25.8. The van der Waals surface area contributed by atoms with Gasteiger partial charge in [-0.25, -0.2) is 4.79 Å². The van der Waals surface area contributed by atoms with Crippen molar-refractivity contribution in [2.24, 2.45) is 17.8 Å². The molecule has 19 heteroatoms. The third-order valence-corrected chi connectivity index (χ3v) is 23.0. The number of methoxy groups -OCH3 is 1. The van der Waals surface area contributed by atoms with Gasteiger partial charge in [0.2, 0.25) is 0 Å². The Balaban J connectivity index is 1.57. The number of alkyl carbamates (subject to hydrolysis) is 1. The minimum absolute atomic E-state index is 0.0902. The van der Waals surface area contributed by atoms with Gasteiger partial charge in [-0.05, 0) is 94.8 Å². The maximum atomic E-state index is 14.9. The third kappa shape index (κ3) is 18.7. The zero-order valence-electron chi connectivity index (χ0n) is 50.7. The number of benzene rings is 1. The minimum atomic E-state index is -2.07. The number of nitrogens with zero attached hydrogens (tertiary/aromatic N) is 2. The molecule has 17 nitrogen and oxygen atoms in total. The van der Waals surface area contributed by atoms with E-state index >= 15 is 0 Å². The number of carbonyl (C=O) groups excluding carboxylic acids is 3. The normalized spacial score (nSPS) is 37.5. The molecule has 78 heavy (non-hydrogen) atoms. The second-order valence-electron chi connectivity index (χ2n) is 25.2. The standard InChI is InChI=1S/C59H105BrN3O14P/c1-18-47-59(11,69)53(77-56(67)61-32-28-23-21-19-20-22-24-29-33-78(16,17,60)45-30-26-25-27-31-45)42(6)63(14)37-38(2)35-57(9,68)52(76-55-50(73-44(8)64)46(62(12)13)34-39(3)71-55)40(4)49(41(5)54(66)74-47)75-48-36-58(10,70-15)51(65)43(7)72-48/h25-27,30-31,38-43,46-53,55,65,68-69H,18-24,28-29,32-37H2,1-17H3,(H,61,67)/t38-,39-,40+,41-,42-,43+,46+,47-,48+,49+,50-,51+,52-,53-,55+,57-,58-,59-/m1/s1. The van der Waals surface area contributed by atoms with E-state index in [0.717, 1.165) is 25.7 Å². The molecule has 0 saturated carbocycles. The van der Waals surface area contributed by atoms with Gasteiger partial charge in [0.25, 0.3) is 0 Å². The molecule has 3 fully saturated rings. The summed E-state index contributed by atoms with van der Waals surface area (Å²) in [7, 11) is 7.17. The van der Waals surface area contributed by atoms with E-state index in [0.29, 0.717) is 19.5 Å². The summed E-state index contributed by atoms with van der Waals surface area (Å²) < 4.78 is 51.0. The Hall–Kier alpha value is -2.06. The Morgan fingerprint density at radius 3 is 2.05 bits per heavy atom. The molecule has 0 unspecified atom stereocenters. The predicted molar refractivity (Wildman–Crippen MR) is 312 cm³/mol. The summed E-state index contributed by atoms with van der Waals surface area (Å²) in [6, 6.07) is 9.89. The van der Waals surface area contributed by atoms with Crippen molar-refractivity contribution < 1.29 is 67.6 Å². The van der Waals surface area contributed by atoms with Crippen LogP contribution >= 0.6 is 20.8 Å². The minimum Gasteiger partial charge on any atom is -0.382 e. The molecular formula is C59H105BrN3O14P. The molecule has 3 saturated heterocycles. The van der Waals surface area contributed by atoms with E-state index in [4.69, 9.17) is 37.9 Å². The van der Waals surface area contributed by atoms with Crippen LogP contribution in [0.25, 0.3) is 0 Å². The Bertz CT molecular complexity index is 2010. The average molecular weight is 1190 g/mol. The van der Waals surface area contributed by atoms with Crippen LogP contribution < -0.4 is 10.6 Å². The fourth-order valence-corrected chi connectivity index (χ4v) is 16.3. The molecule has 3 aliphatic rings. The van der Waals surface area contributed by atoms with Crippen LogP contribution in [-0.2, 0) is 47.5 Å². The van der Waals surface area contributed by atoms with Crippen molar-refractivity contribution in [3.63, 3.8) is 0 Å². The number of halogens is 1. The first-order valence-electron chi connectivity index (χ1n) is 29.0. The number of ether oxygens (including phenoxy) is 8. The van der Waals surface area contributed by atoms with Crippen LogP contribution in [0.5, 0.6) is 0 Å². The number of unbranched alkanes of at least 4 members (excludes halogenated alkanes) is 7. The average Bonchev–Trinajstić information content (AvgIpc) is 3.39. The molecule has 0 aromatic heterocycles. The van der Waals surface area contributed by atoms with Crippen LogP contribution in [0.3, 0.4) is 0 Å². The quantitative estimate of drug-likeness (QED) is 0.0393. The first kappa shape index (κ1) is 68.4. The van der Waals surface area contributed by atoms with E-state index in [1.165, 1.54) is 58.1 Å². The summed E-state index contributed by atoms with van der Waals surface area (Å²) in [5.41, 5.74) is -4.63. The van der Waals surface area contributed by atoms with Crippen molar-refractivity contribution in [1.29, 1.82) is 0 Å². The summed E-state index contributed by atoms with van der Waals surface area (Å²) in [4.78, 5) is 45.3. The van der Waals surface area contributed by atoms with E-state index in [1.807, 2.05) is 58.6 Å². The van der Waals surface area contributed by atoms with Gasteiger partial charge < -0.3 is 58.1 Å². The van der Waals surface area contributed by atoms with Crippen LogP contribution in [0.2, 0.25) is 0 Å². The van der Waals surface area contributed by atoms with Crippen molar-refractivity contribution in [2.45, 2.75) is 244 Å². The number of esters is 2. The topological polar surface area (TPSA) is 204 Å². The maximum Gasteiger partial charge on any atom is 0.137 e. The number of aliphatic hydroxyl groups excluding tert-OH is 1. The Labute approximate surface area is 477 Å². The van der Waals surface area contributed by atoms with Gasteiger partial charge in [0.05, 0.1) is 47.6 Å². The summed E-state index contributed by atoms with van der Waals surface area (Å²) in [6.45, 7) is 24.7. The molecule has 0 bridgehead atoms. The van der Waals surface area contributed by atoms with E-state index < -0.39 is 113 Å². The number of amides is 1. The van der Waals surface area contributed by atoms with Gasteiger partial charge in [-0.1, -0.05) is 20.8 Å². The summed E-state index contributed by atoms with van der Waals surface area (Å²) >= 11 is 4.17. The molecule has 4 rings (SSSR count). The SMILES string of the molecule is CC[C@H]1OC(=O)[C@H](C)[C@@H](O[C@H]2C[C@@](C)(OC)[C@@H](O)[C@H](C)O2)[C@H](C)[C@@H](O[C@@H]2O[C@H](C)C[C@H](N(C)C)[C@H]2OC(C)=O)[C@](C)(O)C[C@@H](C)CN(C)[C@H](C)[C@@H](OC(=O)NCCCCCCCCCCP(C)(C)(Br)c2ccccc2)[C@]1(C)O. The van der Waals surface area contributed by atoms with Gasteiger partial charge >= 0.3 is 157 Å². The monoisotopic (exact) mass is 1190 g/mol. The summed E-state index contributed by atoms with van der Waals surface area (Å²) in [6.07, 6.45) is 0.508. The molecule has 0 radical (unpaired) electrons. The van der Waals surface area contributed by atoms with Crippen molar-refractivity contribution in [3.05, 3.63) is 30.3 Å². The first-order chi connectivity index (χ1) is 36.3.